The minimum absolute atomic E-state index is 0.180. The van der Waals surface area contributed by atoms with Gasteiger partial charge in [0, 0.05) is 11.6 Å². The summed E-state index contributed by atoms with van der Waals surface area (Å²) in [5, 5.41) is 3.00. The van der Waals surface area contributed by atoms with Crippen LogP contribution < -0.4 is 5.32 Å². The van der Waals surface area contributed by atoms with E-state index in [9.17, 15) is 4.79 Å². The van der Waals surface area contributed by atoms with E-state index in [0.29, 0.717) is 11.7 Å². The second-order valence-electron chi connectivity index (χ2n) is 5.94. The summed E-state index contributed by atoms with van der Waals surface area (Å²) in [4.78, 5) is 16.7. The Morgan fingerprint density at radius 2 is 2.11 bits per heavy atom. The SMILES string of the molecule is Cc1cc(C)nc(NC(=O)C2CC3CCC2C3)c1. The molecule has 2 bridgehead atoms. The average Bonchev–Trinajstić information content (AvgIpc) is 2.88. The third-order valence-corrected chi connectivity index (χ3v) is 4.42. The molecule has 1 amide bonds. The van der Waals surface area contributed by atoms with Crippen LogP contribution in [0.2, 0.25) is 0 Å². The van der Waals surface area contributed by atoms with Crippen LogP contribution in [0, 0.1) is 31.6 Å². The summed E-state index contributed by atoms with van der Waals surface area (Å²) in [6.45, 7) is 3.99. The van der Waals surface area contributed by atoms with E-state index in [-0.39, 0.29) is 11.8 Å². The van der Waals surface area contributed by atoms with Gasteiger partial charge in [-0.1, -0.05) is 6.42 Å². The zero-order valence-electron chi connectivity index (χ0n) is 11.1. The number of anilines is 1. The second-order valence-corrected chi connectivity index (χ2v) is 5.94. The fraction of sp³-hybridized carbons (Fsp3) is 0.600. The minimum Gasteiger partial charge on any atom is -0.310 e. The number of nitrogens with one attached hydrogen (secondary N) is 1. The van der Waals surface area contributed by atoms with Gasteiger partial charge in [0.05, 0.1) is 0 Å². The molecule has 3 heteroatoms. The number of aromatic nitrogens is 1. The van der Waals surface area contributed by atoms with E-state index in [1.54, 1.807) is 0 Å². The Labute approximate surface area is 108 Å². The molecule has 2 fully saturated rings. The van der Waals surface area contributed by atoms with Gasteiger partial charge < -0.3 is 5.32 Å². The molecule has 3 unspecified atom stereocenters. The number of hydrogen-bond acceptors (Lipinski definition) is 2. The molecule has 1 N–H and O–H groups in total. The zero-order chi connectivity index (χ0) is 12.7. The highest BCUT2D eigenvalue weighted by atomic mass is 16.2. The van der Waals surface area contributed by atoms with E-state index < -0.39 is 0 Å². The van der Waals surface area contributed by atoms with Crippen molar-refractivity contribution in [2.45, 2.75) is 39.5 Å². The first-order valence-corrected chi connectivity index (χ1v) is 6.88. The van der Waals surface area contributed by atoms with Crippen LogP contribution in [-0.4, -0.2) is 10.9 Å². The van der Waals surface area contributed by atoms with Gasteiger partial charge in [0.1, 0.15) is 5.82 Å². The standard InChI is InChI=1S/C15H20N2O/c1-9-5-10(2)16-14(6-9)17-15(18)13-8-11-3-4-12(13)7-11/h5-6,11-13H,3-4,7-8H2,1-2H3,(H,16,17,18). The largest absolute Gasteiger partial charge is 0.310 e. The molecule has 2 aliphatic carbocycles. The molecule has 2 aliphatic rings. The second kappa shape index (κ2) is 4.38. The number of rotatable bonds is 2. The Bertz CT molecular complexity index is 463. The van der Waals surface area contributed by atoms with Gasteiger partial charge in [0.25, 0.3) is 0 Å². The lowest BCUT2D eigenvalue weighted by atomic mass is 9.88. The number of aryl methyl sites for hydroxylation is 2. The van der Waals surface area contributed by atoms with Gasteiger partial charge in [-0.3, -0.25) is 4.79 Å². The van der Waals surface area contributed by atoms with Gasteiger partial charge in [-0.2, -0.15) is 0 Å². The lowest BCUT2D eigenvalue weighted by Gasteiger charge is -2.20. The highest BCUT2D eigenvalue weighted by Crippen LogP contribution is 2.48. The fourth-order valence-electron chi connectivity index (χ4n) is 3.69. The van der Waals surface area contributed by atoms with Crippen LogP contribution in [0.3, 0.4) is 0 Å². The maximum absolute atomic E-state index is 12.3. The Morgan fingerprint density at radius 3 is 2.72 bits per heavy atom. The van der Waals surface area contributed by atoms with E-state index in [1.165, 1.54) is 19.3 Å². The quantitative estimate of drug-likeness (QED) is 0.868. The van der Waals surface area contributed by atoms with Crippen LogP contribution in [0.25, 0.3) is 0 Å². The van der Waals surface area contributed by atoms with Crippen molar-refractivity contribution >= 4 is 11.7 Å². The molecule has 96 valence electrons. The molecule has 1 aromatic heterocycles. The average molecular weight is 244 g/mol. The highest BCUT2D eigenvalue weighted by Gasteiger charge is 2.43. The molecule has 0 aliphatic heterocycles. The van der Waals surface area contributed by atoms with Crippen molar-refractivity contribution < 1.29 is 4.79 Å². The molecular formula is C15H20N2O. The third-order valence-electron chi connectivity index (χ3n) is 4.42. The van der Waals surface area contributed by atoms with Crippen molar-refractivity contribution in [1.29, 1.82) is 0 Å². The summed E-state index contributed by atoms with van der Waals surface area (Å²) in [5.74, 6) is 2.55. The third kappa shape index (κ3) is 2.14. The van der Waals surface area contributed by atoms with Gasteiger partial charge in [-0.05, 0) is 62.6 Å². The van der Waals surface area contributed by atoms with E-state index in [0.717, 1.165) is 23.6 Å². The molecule has 3 nitrogen and oxygen atoms in total. The Balaban J connectivity index is 1.70. The van der Waals surface area contributed by atoms with Gasteiger partial charge in [0.15, 0.2) is 0 Å². The molecular weight excluding hydrogens is 224 g/mol. The van der Waals surface area contributed by atoms with Crippen molar-refractivity contribution in [3.8, 4) is 0 Å². The van der Waals surface area contributed by atoms with Crippen LogP contribution in [0.15, 0.2) is 12.1 Å². The number of nitrogens with zero attached hydrogens (tertiary/aromatic N) is 1. The van der Waals surface area contributed by atoms with Gasteiger partial charge in [-0.25, -0.2) is 4.98 Å². The first kappa shape index (κ1) is 11.7. The minimum atomic E-state index is 0.180. The van der Waals surface area contributed by atoms with Crippen molar-refractivity contribution in [2.24, 2.45) is 17.8 Å². The maximum atomic E-state index is 12.3. The summed E-state index contributed by atoms with van der Waals surface area (Å²) in [6, 6.07) is 3.96. The number of pyridine rings is 1. The Morgan fingerprint density at radius 1 is 1.28 bits per heavy atom. The lowest BCUT2D eigenvalue weighted by Crippen LogP contribution is -2.27. The van der Waals surface area contributed by atoms with E-state index in [1.807, 2.05) is 26.0 Å². The maximum Gasteiger partial charge on any atom is 0.228 e. The van der Waals surface area contributed by atoms with E-state index in [2.05, 4.69) is 10.3 Å². The van der Waals surface area contributed by atoms with Crippen LogP contribution in [0.5, 0.6) is 0 Å². The zero-order valence-corrected chi connectivity index (χ0v) is 11.1. The summed E-state index contributed by atoms with van der Waals surface area (Å²) < 4.78 is 0. The summed E-state index contributed by atoms with van der Waals surface area (Å²) in [7, 11) is 0. The monoisotopic (exact) mass is 244 g/mol. The Kier molecular flexibility index (Phi) is 2.84. The smallest absolute Gasteiger partial charge is 0.228 e. The van der Waals surface area contributed by atoms with Crippen molar-refractivity contribution in [3.05, 3.63) is 23.4 Å². The van der Waals surface area contributed by atoms with E-state index in [4.69, 9.17) is 0 Å². The number of carbonyl (C=O) groups excluding carboxylic acids is 1. The molecule has 1 aromatic rings. The first-order chi connectivity index (χ1) is 8.61. The summed E-state index contributed by atoms with van der Waals surface area (Å²) >= 11 is 0. The molecule has 18 heavy (non-hydrogen) atoms. The molecule has 3 rings (SSSR count). The van der Waals surface area contributed by atoms with Crippen molar-refractivity contribution in [1.82, 2.24) is 4.98 Å². The molecule has 0 spiro atoms. The predicted octanol–water partition coefficient (Wildman–Crippen LogP) is 3.07. The fourth-order valence-corrected chi connectivity index (χ4v) is 3.69. The number of hydrogen-bond donors (Lipinski definition) is 1. The summed E-state index contributed by atoms with van der Waals surface area (Å²) in [6.07, 6.45) is 4.92. The molecule has 2 saturated carbocycles. The lowest BCUT2D eigenvalue weighted by molar-refractivity contribution is -0.121. The van der Waals surface area contributed by atoms with Crippen LogP contribution in [0.1, 0.15) is 36.9 Å². The topological polar surface area (TPSA) is 42.0 Å². The molecule has 3 atom stereocenters. The number of carbonyl (C=O) groups is 1. The molecule has 0 radical (unpaired) electrons. The predicted molar refractivity (Wildman–Crippen MR) is 71.3 cm³/mol. The van der Waals surface area contributed by atoms with Gasteiger partial charge >= 0.3 is 0 Å². The van der Waals surface area contributed by atoms with E-state index >= 15 is 0 Å². The van der Waals surface area contributed by atoms with Crippen molar-refractivity contribution in [2.75, 3.05) is 5.32 Å². The van der Waals surface area contributed by atoms with Crippen molar-refractivity contribution in [3.63, 3.8) is 0 Å². The van der Waals surface area contributed by atoms with Crippen LogP contribution in [0.4, 0.5) is 5.82 Å². The number of fused-ring (bicyclic) bond motifs is 2. The van der Waals surface area contributed by atoms with Crippen LogP contribution >= 0.6 is 0 Å². The van der Waals surface area contributed by atoms with Crippen LogP contribution in [-0.2, 0) is 4.79 Å². The number of amides is 1. The molecule has 0 aromatic carbocycles. The molecule has 0 saturated heterocycles. The van der Waals surface area contributed by atoms with Gasteiger partial charge in [-0.15, -0.1) is 0 Å². The summed E-state index contributed by atoms with van der Waals surface area (Å²) in [5.41, 5.74) is 2.10. The highest BCUT2D eigenvalue weighted by molar-refractivity contribution is 5.92. The van der Waals surface area contributed by atoms with Gasteiger partial charge in [0.2, 0.25) is 5.91 Å². The normalized spacial score (nSPS) is 29.6. The molecule has 1 heterocycles. The first-order valence-electron chi connectivity index (χ1n) is 6.88. The Hall–Kier alpha value is -1.38.